The molecule has 6 heteroatoms. The average molecular weight is 282 g/mol. The predicted molar refractivity (Wildman–Crippen MR) is 76.6 cm³/mol. The van der Waals surface area contributed by atoms with Crippen LogP contribution in [0.15, 0.2) is 30.3 Å². The molecule has 104 valence electrons. The van der Waals surface area contributed by atoms with Gasteiger partial charge in [-0.15, -0.1) is 0 Å². The van der Waals surface area contributed by atoms with Crippen molar-refractivity contribution in [3.8, 4) is 0 Å². The molecule has 1 atom stereocenters. The molecule has 0 bridgehead atoms. The number of aliphatic carboxylic acids is 1. The fourth-order valence-corrected chi connectivity index (χ4v) is 1.86. The molecule has 0 aromatic heterocycles. The highest BCUT2D eigenvalue weighted by atomic mass is 32.2. The molecule has 0 saturated heterocycles. The van der Waals surface area contributed by atoms with Gasteiger partial charge in [0.25, 0.3) is 0 Å². The van der Waals surface area contributed by atoms with Crippen molar-refractivity contribution in [3.05, 3.63) is 35.9 Å². The highest BCUT2D eigenvalue weighted by Gasteiger charge is 2.20. The molecule has 0 aliphatic rings. The molecule has 1 aromatic carbocycles. The van der Waals surface area contributed by atoms with Gasteiger partial charge >= 0.3 is 12.0 Å². The van der Waals surface area contributed by atoms with Crippen LogP contribution < -0.4 is 10.6 Å². The maximum absolute atomic E-state index is 11.5. The van der Waals surface area contributed by atoms with E-state index in [1.54, 1.807) is 36.0 Å². The minimum atomic E-state index is -0.949. The summed E-state index contributed by atoms with van der Waals surface area (Å²) in [4.78, 5) is 22.6. The van der Waals surface area contributed by atoms with Crippen LogP contribution in [0.5, 0.6) is 0 Å². The Hall–Kier alpha value is -1.69. The van der Waals surface area contributed by atoms with Gasteiger partial charge in [0.2, 0.25) is 0 Å². The average Bonchev–Trinajstić information content (AvgIpc) is 2.40. The number of thioether (sulfide) groups is 1. The number of carbonyl (C=O) groups is 2. The smallest absolute Gasteiger partial charge is 0.314 e. The highest BCUT2D eigenvalue weighted by Crippen LogP contribution is 2.14. The number of urea groups is 1. The van der Waals surface area contributed by atoms with Crippen molar-refractivity contribution in [2.75, 3.05) is 25.1 Å². The molecule has 0 heterocycles. The second-order valence-corrected chi connectivity index (χ2v) is 4.92. The summed E-state index contributed by atoms with van der Waals surface area (Å²) in [5, 5.41) is 14.4. The largest absolute Gasteiger partial charge is 0.481 e. The van der Waals surface area contributed by atoms with Gasteiger partial charge in [0, 0.05) is 18.8 Å². The van der Waals surface area contributed by atoms with Crippen molar-refractivity contribution in [3.63, 3.8) is 0 Å². The predicted octanol–water partition coefficient (Wildman–Crippen LogP) is 1.52. The van der Waals surface area contributed by atoms with E-state index in [-0.39, 0.29) is 12.6 Å². The summed E-state index contributed by atoms with van der Waals surface area (Å²) in [7, 11) is 0. The Labute approximate surface area is 116 Å². The SMILES string of the molecule is CSCCNC(=O)NCC(C(=O)O)c1ccccc1. The second kappa shape index (κ2) is 8.42. The zero-order valence-corrected chi connectivity index (χ0v) is 11.6. The maximum atomic E-state index is 11.5. The number of hydrogen-bond donors (Lipinski definition) is 3. The Kier molecular flexibility index (Phi) is 6.81. The van der Waals surface area contributed by atoms with Gasteiger partial charge in [-0.25, -0.2) is 4.79 Å². The first-order valence-electron chi connectivity index (χ1n) is 5.93. The Balaban J connectivity index is 2.47. The number of nitrogens with one attached hydrogen (secondary N) is 2. The zero-order chi connectivity index (χ0) is 14.1. The first-order valence-corrected chi connectivity index (χ1v) is 7.33. The summed E-state index contributed by atoms with van der Waals surface area (Å²) < 4.78 is 0. The molecule has 3 N–H and O–H groups in total. The van der Waals surface area contributed by atoms with E-state index in [9.17, 15) is 14.7 Å². The summed E-state index contributed by atoms with van der Waals surface area (Å²) in [6, 6.07) is 8.53. The molecule has 0 radical (unpaired) electrons. The third-order valence-electron chi connectivity index (χ3n) is 2.56. The number of hydrogen-bond acceptors (Lipinski definition) is 3. The fourth-order valence-electron chi connectivity index (χ4n) is 1.56. The molecule has 0 saturated carbocycles. The summed E-state index contributed by atoms with van der Waals surface area (Å²) in [6.45, 7) is 0.639. The Bertz CT molecular complexity index is 412. The topological polar surface area (TPSA) is 78.4 Å². The van der Waals surface area contributed by atoms with Crippen molar-refractivity contribution >= 4 is 23.8 Å². The van der Waals surface area contributed by atoms with E-state index in [4.69, 9.17) is 0 Å². The van der Waals surface area contributed by atoms with Crippen LogP contribution in [-0.4, -0.2) is 42.2 Å². The molecule has 2 amide bonds. The van der Waals surface area contributed by atoms with E-state index in [0.29, 0.717) is 12.1 Å². The van der Waals surface area contributed by atoms with Crippen LogP contribution in [-0.2, 0) is 4.79 Å². The van der Waals surface area contributed by atoms with Crippen LogP contribution in [0.1, 0.15) is 11.5 Å². The normalized spacial score (nSPS) is 11.6. The molecule has 19 heavy (non-hydrogen) atoms. The number of carbonyl (C=O) groups excluding carboxylic acids is 1. The molecular weight excluding hydrogens is 264 g/mol. The standard InChI is InChI=1S/C13H18N2O3S/c1-19-8-7-14-13(18)15-9-11(12(16)17)10-5-3-2-4-6-10/h2-6,11H,7-9H2,1H3,(H,16,17)(H2,14,15,18). The van der Waals surface area contributed by atoms with E-state index >= 15 is 0 Å². The molecule has 1 aromatic rings. The van der Waals surface area contributed by atoms with Crippen LogP contribution in [0, 0.1) is 0 Å². The number of carboxylic acid groups (broad SMARTS) is 1. The van der Waals surface area contributed by atoms with E-state index in [1.165, 1.54) is 0 Å². The van der Waals surface area contributed by atoms with E-state index in [1.807, 2.05) is 12.3 Å². The van der Waals surface area contributed by atoms with Gasteiger partial charge in [0.15, 0.2) is 0 Å². The van der Waals surface area contributed by atoms with Crippen LogP contribution in [0.4, 0.5) is 4.79 Å². The monoisotopic (exact) mass is 282 g/mol. The number of rotatable bonds is 7. The minimum absolute atomic E-state index is 0.0739. The summed E-state index contributed by atoms with van der Waals surface area (Å²) >= 11 is 1.63. The molecule has 5 nitrogen and oxygen atoms in total. The highest BCUT2D eigenvalue weighted by molar-refractivity contribution is 7.98. The van der Waals surface area contributed by atoms with Gasteiger partial charge in [-0.05, 0) is 11.8 Å². The zero-order valence-electron chi connectivity index (χ0n) is 10.8. The van der Waals surface area contributed by atoms with E-state index in [0.717, 1.165) is 5.75 Å². The van der Waals surface area contributed by atoms with Crippen molar-refractivity contribution in [1.82, 2.24) is 10.6 Å². The Morgan fingerprint density at radius 3 is 2.53 bits per heavy atom. The lowest BCUT2D eigenvalue weighted by Gasteiger charge is -2.14. The second-order valence-electron chi connectivity index (χ2n) is 3.93. The first-order chi connectivity index (χ1) is 9.15. The Morgan fingerprint density at radius 1 is 1.26 bits per heavy atom. The number of amides is 2. The van der Waals surface area contributed by atoms with Crippen LogP contribution in [0.3, 0.4) is 0 Å². The molecule has 0 aliphatic carbocycles. The molecule has 0 aliphatic heterocycles. The number of benzene rings is 1. The van der Waals surface area contributed by atoms with E-state index < -0.39 is 11.9 Å². The minimum Gasteiger partial charge on any atom is -0.481 e. The Morgan fingerprint density at radius 2 is 1.95 bits per heavy atom. The van der Waals surface area contributed by atoms with Crippen molar-refractivity contribution in [2.45, 2.75) is 5.92 Å². The van der Waals surface area contributed by atoms with Gasteiger partial charge in [-0.2, -0.15) is 11.8 Å². The molecular formula is C13H18N2O3S. The molecule has 1 rings (SSSR count). The van der Waals surface area contributed by atoms with Crippen LogP contribution >= 0.6 is 11.8 Å². The third-order valence-corrected chi connectivity index (χ3v) is 3.17. The van der Waals surface area contributed by atoms with Crippen LogP contribution in [0.25, 0.3) is 0 Å². The van der Waals surface area contributed by atoms with Crippen molar-refractivity contribution < 1.29 is 14.7 Å². The maximum Gasteiger partial charge on any atom is 0.314 e. The van der Waals surface area contributed by atoms with Gasteiger partial charge in [0.1, 0.15) is 0 Å². The van der Waals surface area contributed by atoms with Gasteiger partial charge in [-0.3, -0.25) is 4.79 Å². The van der Waals surface area contributed by atoms with E-state index in [2.05, 4.69) is 10.6 Å². The summed E-state index contributed by atoms with van der Waals surface area (Å²) in [6.07, 6.45) is 1.95. The molecule has 0 fully saturated rings. The lowest BCUT2D eigenvalue weighted by Crippen LogP contribution is -2.40. The van der Waals surface area contributed by atoms with Crippen molar-refractivity contribution in [2.24, 2.45) is 0 Å². The third kappa shape index (κ3) is 5.65. The van der Waals surface area contributed by atoms with Gasteiger partial charge in [0.05, 0.1) is 5.92 Å². The lowest BCUT2D eigenvalue weighted by molar-refractivity contribution is -0.138. The van der Waals surface area contributed by atoms with Gasteiger partial charge < -0.3 is 15.7 Å². The molecule has 0 spiro atoms. The summed E-state index contributed by atoms with van der Waals surface area (Å²) in [5.41, 5.74) is 0.680. The summed E-state index contributed by atoms with van der Waals surface area (Å²) in [5.74, 6) is -0.850. The molecule has 1 unspecified atom stereocenters. The lowest BCUT2D eigenvalue weighted by atomic mass is 9.99. The van der Waals surface area contributed by atoms with Crippen molar-refractivity contribution in [1.29, 1.82) is 0 Å². The fraction of sp³-hybridized carbons (Fsp3) is 0.385. The van der Waals surface area contributed by atoms with Gasteiger partial charge in [-0.1, -0.05) is 30.3 Å². The van der Waals surface area contributed by atoms with Crippen LogP contribution in [0.2, 0.25) is 0 Å². The first kappa shape index (κ1) is 15.4. The number of carboxylic acids is 1. The quantitative estimate of drug-likeness (QED) is 0.663.